The van der Waals surface area contributed by atoms with Crippen molar-refractivity contribution in [2.75, 3.05) is 0 Å². The molecule has 0 amide bonds. The molecule has 1 saturated carbocycles. The van der Waals surface area contributed by atoms with Crippen LogP contribution in [0, 0.1) is 5.92 Å². The van der Waals surface area contributed by atoms with Crippen LogP contribution in [0.3, 0.4) is 0 Å². The number of carbonyl (C=O) groups is 1. The molecule has 2 nitrogen and oxygen atoms in total. The number of halogens is 2. The molecule has 0 bridgehead atoms. The van der Waals surface area contributed by atoms with E-state index < -0.39 is 5.97 Å². The van der Waals surface area contributed by atoms with Crippen molar-refractivity contribution in [3.63, 3.8) is 0 Å². The molecule has 1 aromatic rings. The lowest BCUT2D eigenvalue weighted by Crippen LogP contribution is -2.28. The van der Waals surface area contributed by atoms with E-state index in [4.69, 9.17) is 16.7 Å². The van der Waals surface area contributed by atoms with Gasteiger partial charge >= 0.3 is 5.97 Å². The van der Waals surface area contributed by atoms with Crippen molar-refractivity contribution in [3.05, 3.63) is 33.3 Å². The van der Waals surface area contributed by atoms with Gasteiger partial charge in [0.05, 0.1) is 5.92 Å². The Balaban J connectivity index is 2.10. The minimum Gasteiger partial charge on any atom is -0.481 e. The maximum absolute atomic E-state index is 10.7. The van der Waals surface area contributed by atoms with Gasteiger partial charge in [-0.3, -0.25) is 4.79 Å². The molecule has 2 rings (SSSR count). The van der Waals surface area contributed by atoms with Crippen LogP contribution < -0.4 is 0 Å². The second-order valence-corrected chi connectivity index (χ2v) is 5.26. The molecule has 80 valence electrons. The van der Waals surface area contributed by atoms with E-state index in [9.17, 15) is 4.79 Å². The fraction of sp³-hybridized carbons (Fsp3) is 0.364. The van der Waals surface area contributed by atoms with Crippen LogP contribution in [-0.4, -0.2) is 11.1 Å². The van der Waals surface area contributed by atoms with Gasteiger partial charge < -0.3 is 5.11 Å². The first-order valence-electron chi connectivity index (χ1n) is 4.75. The zero-order valence-corrected chi connectivity index (χ0v) is 10.3. The molecule has 15 heavy (non-hydrogen) atoms. The maximum Gasteiger partial charge on any atom is 0.306 e. The van der Waals surface area contributed by atoms with Gasteiger partial charge in [-0.05, 0) is 42.5 Å². The molecule has 0 saturated heterocycles. The van der Waals surface area contributed by atoms with Crippen LogP contribution in [0.5, 0.6) is 0 Å². The fourth-order valence-electron chi connectivity index (χ4n) is 1.90. The second-order valence-electron chi connectivity index (χ2n) is 3.91. The largest absolute Gasteiger partial charge is 0.481 e. The third-order valence-electron chi connectivity index (χ3n) is 2.84. The van der Waals surface area contributed by atoms with Gasteiger partial charge in [-0.25, -0.2) is 0 Å². The predicted molar refractivity (Wildman–Crippen MR) is 62.3 cm³/mol. The highest BCUT2D eigenvalue weighted by Crippen LogP contribution is 2.42. The first kappa shape index (κ1) is 11.0. The first-order valence-corrected chi connectivity index (χ1v) is 5.92. The van der Waals surface area contributed by atoms with Gasteiger partial charge in [0, 0.05) is 9.50 Å². The van der Waals surface area contributed by atoms with Crippen LogP contribution >= 0.6 is 27.5 Å². The molecular weight excluding hydrogens is 279 g/mol. The van der Waals surface area contributed by atoms with Crippen molar-refractivity contribution in [2.45, 2.75) is 18.8 Å². The third kappa shape index (κ3) is 2.34. The Labute approximate surface area is 101 Å². The summed E-state index contributed by atoms with van der Waals surface area (Å²) in [5.74, 6) is -0.513. The minimum atomic E-state index is -0.688. The fourth-order valence-corrected chi connectivity index (χ4v) is 2.79. The van der Waals surface area contributed by atoms with E-state index in [2.05, 4.69) is 15.9 Å². The Morgan fingerprint density at radius 2 is 2.07 bits per heavy atom. The highest BCUT2D eigenvalue weighted by Gasteiger charge is 2.35. The Hall–Kier alpha value is -0.540. The molecule has 0 atom stereocenters. The SMILES string of the molecule is O=C(O)C1CC(c2cc(Cl)cc(Br)c2)C1. The summed E-state index contributed by atoms with van der Waals surface area (Å²) in [7, 11) is 0. The van der Waals surface area contributed by atoms with Gasteiger partial charge in [0.1, 0.15) is 0 Å². The number of carboxylic acid groups (broad SMARTS) is 1. The van der Waals surface area contributed by atoms with E-state index in [1.807, 2.05) is 18.2 Å². The number of benzene rings is 1. The minimum absolute atomic E-state index is 0.173. The quantitative estimate of drug-likeness (QED) is 0.902. The van der Waals surface area contributed by atoms with Crippen molar-refractivity contribution in [3.8, 4) is 0 Å². The molecule has 1 aliphatic carbocycles. The Morgan fingerprint density at radius 1 is 1.40 bits per heavy atom. The Morgan fingerprint density at radius 3 is 2.60 bits per heavy atom. The highest BCUT2D eigenvalue weighted by molar-refractivity contribution is 9.10. The monoisotopic (exact) mass is 288 g/mol. The highest BCUT2D eigenvalue weighted by atomic mass is 79.9. The Bertz CT molecular complexity index is 379. The summed E-state index contributed by atoms with van der Waals surface area (Å²) in [6, 6.07) is 5.75. The molecule has 0 unspecified atom stereocenters. The van der Waals surface area contributed by atoms with E-state index in [1.54, 1.807) is 0 Å². The lowest BCUT2D eigenvalue weighted by atomic mass is 9.71. The van der Waals surface area contributed by atoms with Gasteiger partial charge in [-0.1, -0.05) is 27.5 Å². The molecule has 0 radical (unpaired) electrons. The summed E-state index contributed by atoms with van der Waals surface area (Å²) < 4.78 is 0.948. The topological polar surface area (TPSA) is 37.3 Å². The molecular formula is C11H10BrClO2. The maximum atomic E-state index is 10.7. The van der Waals surface area contributed by atoms with Crippen LogP contribution in [0.15, 0.2) is 22.7 Å². The summed E-state index contributed by atoms with van der Waals surface area (Å²) in [6.45, 7) is 0. The number of rotatable bonds is 2. The summed E-state index contributed by atoms with van der Waals surface area (Å²) >= 11 is 9.31. The number of hydrogen-bond acceptors (Lipinski definition) is 1. The van der Waals surface area contributed by atoms with Crippen LogP contribution in [0.4, 0.5) is 0 Å². The zero-order valence-electron chi connectivity index (χ0n) is 7.91. The van der Waals surface area contributed by atoms with Crippen molar-refractivity contribution in [1.29, 1.82) is 0 Å². The second kappa shape index (κ2) is 4.14. The molecule has 1 fully saturated rings. The molecule has 0 aromatic heterocycles. The molecule has 4 heteroatoms. The smallest absolute Gasteiger partial charge is 0.306 e. The lowest BCUT2D eigenvalue weighted by molar-refractivity contribution is -0.145. The Kier molecular flexibility index (Phi) is 3.03. The van der Waals surface area contributed by atoms with Crippen molar-refractivity contribution in [1.82, 2.24) is 0 Å². The predicted octanol–water partition coefficient (Wildman–Crippen LogP) is 3.68. The summed E-state index contributed by atoms with van der Waals surface area (Å²) in [6.07, 6.45) is 1.45. The van der Waals surface area contributed by atoms with Gasteiger partial charge in [0.15, 0.2) is 0 Å². The molecule has 0 heterocycles. The number of carboxylic acids is 1. The third-order valence-corrected chi connectivity index (χ3v) is 3.52. The summed E-state index contributed by atoms with van der Waals surface area (Å²) in [4.78, 5) is 10.7. The number of aliphatic carboxylic acids is 1. The zero-order chi connectivity index (χ0) is 11.0. The van der Waals surface area contributed by atoms with Gasteiger partial charge in [-0.2, -0.15) is 0 Å². The normalized spacial score (nSPS) is 24.7. The molecule has 0 spiro atoms. The van der Waals surface area contributed by atoms with Crippen LogP contribution in [0.1, 0.15) is 24.3 Å². The van der Waals surface area contributed by atoms with Gasteiger partial charge in [0.25, 0.3) is 0 Å². The average Bonchev–Trinajstić information content (AvgIpc) is 1.97. The average molecular weight is 290 g/mol. The first-order chi connectivity index (χ1) is 7.06. The van der Waals surface area contributed by atoms with Gasteiger partial charge in [0.2, 0.25) is 0 Å². The lowest BCUT2D eigenvalue weighted by Gasteiger charge is -2.32. The number of hydrogen-bond donors (Lipinski definition) is 1. The molecule has 1 aromatic carbocycles. The standard InChI is InChI=1S/C11H10BrClO2/c12-9-3-7(4-10(13)5-9)6-1-8(2-6)11(14)15/h3-6,8H,1-2H2,(H,14,15). The van der Waals surface area contributed by atoms with Crippen molar-refractivity contribution >= 4 is 33.5 Å². The van der Waals surface area contributed by atoms with Crippen LogP contribution in [-0.2, 0) is 4.79 Å². The van der Waals surface area contributed by atoms with E-state index in [0.717, 1.165) is 22.9 Å². The molecule has 1 aliphatic rings. The summed E-state index contributed by atoms with van der Waals surface area (Å²) in [5.41, 5.74) is 1.13. The van der Waals surface area contributed by atoms with Crippen LogP contribution in [0.25, 0.3) is 0 Å². The van der Waals surface area contributed by atoms with Crippen molar-refractivity contribution in [2.24, 2.45) is 5.92 Å². The van der Waals surface area contributed by atoms with Crippen LogP contribution in [0.2, 0.25) is 5.02 Å². The molecule has 1 N–H and O–H groups in total. The van der Waals surface area contributed by atoms with E-state index in [0.29, 0.717) is 10.9 Å². The molecule has 0 aliphatic heterocycles. The van der Waals surface area contributed by atoms with E-state index in [1.165, 1.54) is 0 Å². The van der Waals surface area contributed by atoms with Gasteiger partial charge in [-0.15, -0.1) is 0 Å². The van der Waals surface area contributed by atoms with E-state index >= 15 is 0 Å². The van der Waals surface area contributed by atoms with E-state index in [-0.39, 0.29) is 5.92 Å². The summed E-state index contributed by atoms with van der Waals surface area (Å²) in [5, 5.41) is 9.46. The van der Waals surface area contributed by atoms with Crippen molar-refractivity contribution < 1.29 is 9.90 Å².